The van der Waals surface area contributed by atoms with Crippen molar-refractivity contribution in [2.45, 2.75) is 44.7 Å². The van der Waals surface area contributed by atoms with Crippen LogP contribution in [0.5, 0.6) is 0 Å². The van der Waals surface area contributed by atoms with Gasteiger partial charge in [-0.3, -0.25) is 9.69 Å². The van der Waals surface area contributed by atoms with Gasteiger partial charge in [0, 0.05) is 6.54 Å². The number of aliphatic carboxylic acids is 1. The second-order valence-electron chi connectivity index (χ2n) is 5.10. The SMILES string of the molecule is CCCC1(C(=O)O)CCCN1Cc1ccccc1. The average molecular weight is 247 g/mol. The van der Waals surface area contributed by atoms with Gasteiger partial charge < -0.3 is 5.11 Å². The van der Waals surface area contributed by atoms with E-state index in [1.165, 1.54) is 5.56 Å². The number of rotatable bonds is 5. The first-order valence-electron chi connectivity index (χ1n) is 6.71. The Balaban J connectivity index is 2.18. The molecule has 0 aromatic heterocycles. The second kappa shape index (κ2) is 5.53. The van der Waals surface area contributed by atoms with Crippen LogP contribution in [0.1, 0.15) is 38.2 Å². The number of carboxylic acid groups (broad SMARTS) is 1. The second-order valence-corrected chi connectivity index (χ2v) is 5.10. The molecule has 0 spiro atoms. The van der Waals surface area contributed by atoms with Crippen molar-refractivity contribution >= 4 is 5.97 Å². The van der Waals surface area contributed by atoms with Crippen molar-refractivity contribution < 1.29 is 9.90 Å². The van der Waals surface area contributed by atoms with Crippen molar-refractivity contribution in [1.29, 1.82) is 0 Å². The molecule has 0 aliphatic carbocycles. The third kappa shape index (κ3) is 2.41. The number of nitrogens with zero attached hydrogens (tertiary/aromatic N) is 1. The van der Waals surface area contributed by atoms with E-state index in [4.69, 9.17) is 0 Å². The molecule has 1 N–H and O–H groups in total. The number of benzene rings is 1. The molecule has 1 aromatic rings. The molecule has 1 fully saturated rings. The molecule has 1 heterocycles. The molecule has 2 rings (SSSR count). The zero-order chi connectivity index (χ0) is 13.0. The van der Waals surface area contributed by atoms with Gasteiger partial charge in [-0.15, -0.1) is 0 Å². The Morgan fingerprint density at radius 3 is 2.72 bits per heavy atom. The topological polar surface area (TPSA) is 40.5 Å². The van der Waals surface area contributed by atoms with Crippen LogP contribution < -0.4 is 0 Å². The number of carboxylic acids is 1. The molecule has 1 aromatic carbocycles. The molecule has 1 aliphatic heterocycles. The van der Waals surface area contributed by atoms with Gasteiger partial charge in [0.15, 0.2) is 0 Å². The predicted octanol–water partition coefficient (Wildman–Crippen LogP) is 2.91. The van der Waals surface area contributed by atoms with E-state index in [-0.39, 0.29) is 0 Å². The smallest absolute Gasteiger partial charge is 0.324 e. The van der Waals surface area contributed by atoms with Crippen LogP contribution in [0, 0.1) is 0 Å². The summed E-state index contributed by atoms with van der Waals surface area (Å²) in [7, 11) is 0. The molecule has 3 nitrogen and oxygen atoms in total. The third-order valence-corrected chi connectivity index (χ3v) is 3.90. The van der Waals surface area contributed by atoms with Gasteiger partial charge in [0.1, 0.15) is 5.54 Å². The van der Waals surface area contributed by atoms with Crippen LogP contribution in [0.4, 0.5) is 0 Å². The van der Waals surface area contributed by atoms with Gasteiger partial charge in [0.2, 0.25) is 0 Å². The van der Waals surface area contributed by atoms with Gasteiger partial charge in [-0.1, -0.05) is 43.7 Å². The summed E-state index contributed by atoms with van der Waals surface area (Å²) < 4.78 is 0. The Labute approximate surface area is 108 Å². The van der Waals surface area contributed by atoms with Crippen molar-refractivity contribution in [3.05, 3.63) is 35.9 Å². The van der Waals surface area contributed by atoms with Crippen LogP contribution in [0.25, 0.3) is 0 Å². The van der Waals surface area contributed by atoms with Gasteiger partial charge >= 0.3 is 5.97 Å². The third-order valence-electron chi connectivity index (χ3n) is 3.90. The van der Waals surface area contributed by atoms with Gasteiger partial charge in [-0.25, -0.2) is 0 Å². The van der Waals surface area contributed by atoms with Crippen molar-refractivity contribution in [2.24, 2.45) is 0 Å². The maximum Gasteiger partial charge on any atom is 0.324 e. The Morgan fingerprint density at radius 2 is 2.11 bits per heavy atom. The lowest BCUT2D eigenvalue weighted by Gasteiger charge is -2.34. The molecule has 0 saturated carbocycles. The van der Waals surface area contributed by atoms with E-state index in [1.807, 2.05) is 18.2 Å². The molecule has 18 heavy (non-hydrogen) atoms. The highest BCUT2D eigenvalue weighted by atomic mass is 16.4. The van der Waals surface area contributed by atoms with Crippen molar-refractivity contribution in [2.75, 3.05) is 6.54 Å². The fourth-order valence-corrected chi connectivity index (χ4v) is 3.01. The minimum atomic E-state index is -0.655. The van der Waals surface area contributed by atoms with Gasteiger partial charge in [0.05, 0.1) is 0 Å². The summed E-state index contributed by atoms with van der Waals surface area (Å²) in [6, 6.07) is 10.1. The Kier molecular flexibility index (Phi) is 4.02. The zero-order valence-electron chi connectivity index (χ0n) is 10.9. The van der Waals surface area contributed by atoms with Crippen molar-refractivity contribution in [1.82, 2.24) is 4.90 Å². The lowest BCUT2D eigenvalue weighted by atomic mass is 9.90. The van der Waals surface area contributed by atoms with Gasteiger partial charge in [-0.2, -0.15) is 0 Å². The van der Waals surface area contributed by atoms with E-state index in [9.17, 15) is 9.90 Å². The minimum Gasteiger partial charge on any atom is -0.480 e. The minimum absolute atomic E-state index is 0.634. The predicted molar refractivity (Wildman–Crippen MR) is 71.4 cm³/mol. The molecule has 1 unspecified atom stereocenters. The first-order valence-corrected chi connectivity index (χ1v) is 6.71. The van der Waals surface area contributed by atoms with Crippen LogP contribution in [-0.4, -0.2) is 28.1 Å². The van der Waals surface area contributed by atoms with E-state index in [0.717, 1.165) is 38.8 Å². The summed E-state index contributed by atoms with van der Waals surface area (Å²) in [4.78, 5) is 13.8. The monoisotopic (exact) mass is 247 g/mol. The number of hydrogen-bond acceptors (Lipinski definition) is 2. The highest BCUT2D eigenvalue weighted by molar-refractivity contribution is 5.79. The molecule has 1 atom stereocenters. The standard InChI is InChI=1S/C15H21NO2/c1-2-9-15(14(17)18)10-6-11-16(15)12-13-7-4-3-5-8-13/h3-5,7-8H,2,6,9-12H2,1H3,(H,17,18). The molecule has 0 radical (unpaired) electrons. The molecule has 0 bridgehead atoms. The van der Waals surface area contributed by atoms with E-state index >= 15 is 0 Å². The largest absolute Gasteiger partial charge is 0.480 e. The summed E-state index contributed by atoms with van der Waals surface area (Å²) >= 11 is 0. The molecular weight excluding hydrogens is 226 g/mol. The summed E-state index contributed by atoms with van der Waals surface area (Å²) in [6.07, 6.45) is 3.43. The quantitative estimate of drug-likeness (QED) is 0.869. The number of hydrogen-bond donors (Lipinski definition) is 1. The van der Waals surface area contributed by atoms with E-state index in [1.54, 1.807) is 0 Å². The van der Waals surface area contributed by atoms with Crippen molar-refractivity contribution in [3.8, 4) is 0 Å². The number of likely N-dealkylation sites (tertiary alicyclic amines) is 1. The van der Waals surface area contributed by atoms with Crippen LogP contribution in [0.3, 0.4) is 0 Å². The normalized spacial score (nSPS) is 24.3. The summed E-state index contributed by atoms with van der Waals surface area (Å²) in [5, 5.41) is 9.60. The fourth-order valence-electron chi connectivity index (χ4n) is 3.01. The highest BCUT2D eigenvalue weighted by Crippen LogP contribution is 2.35. The average Bonchev–Trinajstić information content (AvgIpc) is 2.75. The number of carbonyl (C=O) groups is 1. The first kappa shape index (κ1) is 13.1. The maximum absolute atomic E-state index is 11.7. The lowest BCUT2D eigenvalue weighted by Crippen LogP contribution is -2.49. The Hall–Kier alpha value is -1.35. The first-order chi connectivity index (χ1) is 8.69. The zero-order valence-corrected chi connectivity index (χ0v) is 10.9. The van der Waals surface area contributed by atoms with Crippen molar-refractivity contribution in [3.63, 3.8) is 0 Å². The van der Waals surface area contributed by atoms with Gasteiger partial charge in [-0.05, 0) is 31.4 Å². The lowest BCUT2D eigenvalue weighted by molar-refractivity contribution is -0.150. The molecule has 3 heteroatoms. The Morgan fingerprint density at radius 1 is 1.39 bits per heavy atom. The van der Waals surface area contributed by atoms with E-state index < -0.39 is 11.5 Å². The fraction of sp³-hybridized carbons (Fsp3) is 0.533. The highest BCUT2D eigenvalue weighted by Gasteiger charge is 2.46. The van der Waals surface area contributed by atoms with E-state index in [0.29, 0.717) is 0 Å². The maximum atomic E-state index is 11.7. The Bertz CT molecular complexity index is 404. The van der Waals surface area contributed by atoms with Crippen LogP contribution >= 0.6 is 0 Å². The molecule has 1 saturated heterocycles. The van der Waals surface area contributed by atoms with Crippen LogP contribution in [-0.2, 0) is 11.3 Å². The molecule has 98 valence electrons. The van der Waals surface area contributed by atoms with Crippen LogP contribution in [0.15, 0.2) is 30.3 Å². The van der Waals surface area contributed by atoms with Gasteiger partial charge in [0.25, 0.3) is 0 Å². The summed E-state index contributed by atoms with van der Waals surface area (Å²) in [5.74, 6) is -0.655. The molecular formula is C15H21NO2. The summed E-state index contributed by atoms with van der Waals surface area (Å²) in [5.41, 5.74) is 0.561. The summed E-state index contributed by atoms with van der Waals surface area (Å²) in [6.45, 7) is 3.69. The van der Waals surface area contributed by atoms with E-state index in [2.05, 4.69) is 24.0 Å². The molecule has 1 aliphatic rings. The molecule has 0 amide bonds. The van der Waals surface area contributed by atoms with Crippen LogP contribution in [0.2, 0.25) is 0 Å².